The van der Waals surface area contributed by atoms with E-state index in [4.69, 9.17) is 4.74 Å². The first-order valence-corrected chi connectivity index (χ1v) is 9.48. The Balaban J connectivity index is 1.50. The molecule has 4 nitrogen and oxygen atoms in total. The molecule has 0 amide bonds. The van der Waals surface area contributed by atoms with Gasteiger partial charge in [-0.3, -0.25) is 4.99 Å². The molecule has 0 radical (unpaired) electrons. The first-order chi connectivity index (χ1) is 11.9. The van der Waals surface area contributed by atoms with Crippen LogP contribution < -0.4 is 10.6 Å². The predicted octanol–water partition coefficient (Wildman–Crippen LogP) is 3.87. The molecule has 4 heteroatoms. The molecule has 0 aromatic heterocycles. The molecule has 2 N–H and O–H groups in total. The molecule has 0 bridgehead atoms. The summed E-state index contributed by atoms with van der Waals surface area (Å²) in [5.74, 6) is 0.864. The van der Waals surface area contributed by atoms with E-state index < -0.39 is 0 Å². The van der Waals surface area contributed by atoms with E-state index in [1.807, 2.05) is 13.1 Å². The molecule has 0 unspecified atom stereocenters. The van der Waals surface area contributed by atoms with Crippen molar-refractivity contribution in [1.29, 1.82) is 0 Å². The molecule has 0 spiro atoms. The number of guanidine groups is 1. The number of rotatable bonds is 8. The number of hydrogen-bond acceptors (Lipinski definition) is 2. The van der Waals surface area contributed by atoms with Crippen LogP contribution in [0, 0.1) is 0 Å². The third-order valence-electron chi connectivity index (χ3n) is 4.55. The molecule has 1 aliphatic carbocycles. The molecule has 24 heavy (non-hydrogen) atoms. The molecule has 134 valence electrons. The molecule has 0 atom stereocenters. The monoisotopic (exact) mass is 331 g/mol. The van der Waals surface area contributed by atoms with Crippen LogP contribution in [0.2, 0.25) is 0 Å². The minimum absolute atomic E-state index is 0.515. The van der Waals surface area contributed by atoms with Crippen LogP contribution >= 0.6 is 0 Å². The summed E-state index contributed by atoms with van der Waals surface area (Å²) in [5, 5.41) is 6.71. The van der Waals surface area contributed by atoms with Crippen molar-refractivity contribution in [2.24, 2.45) is 4.99 Å². The van der Waals surface area contributed by atoms with Gasteiger partial charge in [0.15, 0.2) is 5.96 Å². The van der Waals surface area contributed by atoms with Crippen molar-refractivity contribution in [3.05, 3.63) is 35.9 Å². The zero-order valence-electron chi connectivity index (χ0n) is 15.1. The first kappa shape index (κ1) is 18.8. The highest BCUT2D eigenvalue weighted by Crippen LogP contribution is 2.19. The van der Waals surface area contributed by atoms with Crippen LogP contribution in [0.4, 0.5) is 0 Å². The van der Waals surface area contributed by atoms with Gasteiger partial charge in [0, 0.05) is 26.7 Å². The molecule has 0 heterocycles. The third kappa shape index (κ3) is 7.82. The second-order valence-electron chi connectivity index (χ2n) is 6.53. The maximum absolute atomic E-state index is 6.03. The van der Waals surface area contributed by atoms with Crippen LogP contribution in [0.5, 0.6) is 0 Å². The fourth-order valence-electron chi connectivity index (χ4n) is 3.09. The Morgan fingerprint density at radius 2 is 1.79 bits per heavy atom. The minimum atomic E-state index is 0.515. The lowest BCUT2D eigenvalue weighted by molar-refractivity contribution is 0.0411. The molecule has 1 aromatic carbocycles. The zero-order chi connectivity index (χ0) is 16.9. The second kappa shape index (κ2) is 11.9. The molecule has 1 aromatic rings. The van der Waals surface area contributed by atoms with Crippen LogP contribution in [0.3, 0.4) is 0 Å². The molecular formula is C20H33N3O. The molecule has 1 aliphatic rings. The van der Waals surface area contributed by atoms with Crippen molar-refractivity contribution in [2.75, 3.05) is 20.2 Å². The Morgan fingerprint density at radius 1 is 1.04 bits per heavy atom. The number of unbranched alkanes of at least 4 members (excludes halogenated alkanes) is 1. The normalized spacial score (nSPS) is 16.6. The average molecular weight is 332 g/mol. The van der Waals surface area contributed by atoms with Gasteiger partial charge >= 0.3 is 0 Å². The Bertz CT molecular complexity index is 453. The van der Waals surface area contributed by atoms with Crippen molar-refractivity contribution in [1.82, 2.24) is 10.6 Å². The SMILES string of the molecule is CN=C(NCCCCOC1CCCCCC1)NCc1ccccc1. The zero-order valence-corrected chi connectivity index (χ0v) is 15.1. The summed E-state index contributed by atoms with van der Waals surface area (Å²) < 4.78 is 6.03. The van der Waals surface area contributed by atoms with E-state index in [0.29, 0.717) is 6.10 Å². The van der Waals surface area contributed by atoms with Crippen molar-refractivity contribution in [3.63, 3.8) is 0 Å². The molecule has 0 aliphatic heterocycles. The number of nitrogens with zero attached hydrogens (tertiary/aromatic N) is 1. The van der Waals surface area contributed by atoms with Crippen molar-refractivity contribution < 1.29 is 4.74 Å². The number of hydrogen-bond donors (Lipinski definition) is 2. The lowest BCUT2D eigenvalue weighted by atomic mass is 10.1. The van der Waals surface area contributed by atoms with Crippen molar-refractivity contribution in [3.8, 4) is 0 Å². The summed E-state index contributed by atoms with van der Waals surface area (Å²) in [6.45, 7) is 2.62. The Hall–Kier alpha value is -1.55. The highest BCUT2D eigenvalue weighted by Gasteiger charge is 2.11. The fourth-order valence-corrected chi connectivity index (χ4v) is 3.09. The van der Waals surface area contributed by atoms with Gasteiger partial charge in [0.25, 0.3) is 0 Å². The molecule has 2 rings (SSSR count). The molecular weight excluding hydrogens is 298 g/mol. The Labute approximate surface area is 147 Å². The highest BCUT2D eigenvalue weighted by molar-refractivity contribution is 5.79. The van der Waals surface area contributed by atoms with Gasteiger partial charge < -0.3 is 15.4 Å². The van der Waals surface area contributed by atoms with Gasteiger partial charge in [-0.2, -0.15) is 0 Å². The number of aliphatic imine (C=N–C) groups is 1. The smallest absolute Gasteiger partial charge is 0.191 e. The highest BCUT2D eigenvalue weighted by atomic mass is 16.5. The second-order valence-corrected chi connectivity index (χ2v) is 6.53. The molecule has 1 saturated carbocycles. The van der Waals surface area contributed by atoms with Crippen LogP contribution in [-0.4, -0.2) is 32.3 Å². The van der Waals surface area contributed by atoms with E-state index in [1.165, 1.54) is 44.1 Å². The van der Waals surface area contributed by atoms with Gasteiger partial charge in [0.1, 0.15) is 0 Å². The quantitative estimate of drug-likeness (QED) is 0.329. The Morgan fingerprint density at radius 3 is 2.50 bits per heavy atom. The Kier molecular flexibility index (Phi) is 9.32. The lowest BCUT2D eigenvalue weighted by Crippen LogP contribution is -2.37. The van der Waals surface area contributed by atoms with Gasteiger partial charge in [0.05, 0.1) is 6.10 Å². The fraction of sp³-hybridized carbons (Fsp3) is 0.650. The first-order valence-electron chi connectivity index (χ1n) is 9.48. The summed E-state index contributed by atoms with van der Waals surface area (Å²) in [6.07, 6.45) is 10.7. The van der Waals surface area contributed by atoms with E-state index in [9.17, 15) is 0 Å². The maximum Gasteiger partial charge on any atom is 0.191 e. The maximum atomic E-state index is 6.03. The number of benzene rings is 1. The van der Waals surface area contributed by atoms with Crippen molar-refractivity contribution >= 4 is 5.96 Å². The van der Waals surface area contributed by atoms with Gasteiger partial charge in [-0.1, -0.05) is 56.0 Å². The lowest BCUT2D eigenvalue weighted by Gasteiger charge is -2.15. The van der Waals surface area contributed by atoms with Gasteiger partial charge in [-0.25, -0.2) is 0 Å². The predicted molar refractivity (Wildman–Crippen MR) is 101 cm³/mol. The van der Waals surface area contributed by atoms with Gasteiger partial charge in [-0.15, -0.1) is 0 Å². The number of ether oxygens (including phenoxy) is 1. The van der Waals surface area contributed by atoms with Gasteiger partial charge in [0.2, 0.25) is 0 Å². The van der Waals surface area contributed by atoms with E-state index in [-0.39, 0.29) is 0 Å². The van der Waals surface area contributed by atoms with Crippen LogP contribution in [0.25, 0.3) is 0 Å². The topological polar surface area (TPSA) is 45.7 Å². The van der Waals surface area contributed by atoms with Gasteiger partial charge in [-0.05, 0) is 31.2 Å². The van der Waals surface area contributed by atoms with Crippen LogP contribution in [0.1, 0.15) is 56.9 Å². The van der Waals surface area contributed by atoms with E-state index >= 15 is 0 Å². The van der Waals surface area contributed by atoms with Crippen LogP contribution in [-0.2, 0) is 11.3 Å². The third-order valence-corrected chi connectivity index (χ3v) is 4.55. The largest absolute Gasteiger partial charge is 0.378 e. The molecule has 1 fully saturated rings. The summed E-state index contributed by atoms with van der Waals surface area (Å²) in [7, 11) is 1.81. The van der Waals surface area contributed by atoms with E-state index in [2.05, 4.69) is 39.9 Å². The molecule has 0 saturated heterocycles. The summed E-state index contributed by atoms with van der Waals surface area (Å²) in [5.41, 5.74) is 1.26. The summed E-state index contributed by atoms with van der Waals surface area (Å²) in [4.78, 5) is 4.27. The van der Waals surface area contributed by atoms with Crippen molar-refractivity contribution in [2.45, 2.75) is 64.0 Å². The average Bonchev–Trinajstić information content (AvgIpc) is 2.90. The van der Waals surface area contributed by atoms with Crippen LogP contribution in [0.15, 0.2) is 35.3 Å². The standard InChI is InChI=1S/C20H33N3O/c1-21-20(23-17-18-11-5-4-6-12-18)22-15-9-10-16-24-19-13-7-2-3-8-14-19/h4-6,11-12,19H,2-3,7-10,13-17H2,1H3,(H2,21,22,23). The number of nitrogens with one attached hydrogen (secondary N) is 2. The minimum Gasteiger partial charge on any atom is -0.378 e. The van der Waals surface area contributed by atoms with E-state index in [1.54, 1.807) is 0 Å². The summed E-state index contributed by atoms with van der Waals surface area (Å²) >= 11 is 0. The van der Waals surface area contributed by atoms with E-state index in [0.717, 1.165) is 38.5 Å². The summed E-state index contributed by atoms with van der Waals surface area (Å²) in [6, 6.07) is 10.4.